The number of benzene rings is 1. The first-order chi connectivity index (χ1) is 8.16. The van der Waals surface area contributed by atoms with Gasteiger partial charge in [-0.15, -0.1) is 10.2 Å². The molecular formula is C11H12N4OS. The van der Waals surface area contributed by atoms with E-state index in [1.54, 1.807) is 0 Å². The summed E-state index contributed by atoms with van der Waals surface area (Å²) in [4.78, 5) is 11.8. The summed E-state index contributed by atoms with van der Waals surface area (Å²) in [6.07, 6.45) is 0. The number of hydrogen-bond acceptors (Lipinski definition) is 5. The van der Waals surface area contributed by atoms with Gasteiger partial charge in [-0.2, -0.15) is 0 Å². The van der Waals surface area contributed by atoms with E-state index in [9.17, 15) is 4.79 Å². The van der Waals surface area contributed by atoms with Crippen LogP contribution >= 0.6 is 11.3 Å². The number of rotatable bonds is 3. The summed E-state index contributed by atoms with van der Waals surface area (Å²) in [5, 5.41) is 11.5. The second-order valence-corrected chi connectivity index (χ2v) is 4.69. The summed E-state index contributed by atoms with van der Waals surface area (Å²) >= 11 is 1.32. The molecule has 0 aliphatic rings. The van der Waals surface area contributed by atoms with Crippen molar-refractivity contribution in [1.29, 1.82) is 0 Å². The third-order valence-corrected chi connectivity index (χ3v) is 2.95. The molecule has 1 atom stereocenters. The molecular weight excluding hydrogens is 236 g/mol. The number of nitrogens with one attached hydrogen (secondary N) is 1. The van der Waals surface area contributed by atoms with Gasteiger partial charge >= 0.3 is 0 Å². The van der Waals surface area contributed by atoms with Crippen molar-refractivity contribution in [3.8, 4) is 0 Å². The molecule has 3 N–H and O–H groups in total. The minimum absolute atomic E-state index is 0.285. The number of amides is 1. The molecule has 0 aliphatic heterocycles. The molecule has 6 heteroatoms. The van der Waals surface area contributed by atoms with E-state index in [1.165, 1.54) is 11.3 Å². The number of carbonyl (C=O) groups excluding carboxylic acids is 1. The van der Waals surface area contributed by atoms with Crippen LogP contribution < -0.4 is 11.1 Å². The van der Waals surface area contributed by atoms with Gasteiger partial charge in [-0.3, -0.25) is 10.1 Å². The molecule has 1 amide bonds. The fraction of sp³-hybridized carbons (Fsp3) is 0.182. The molecule has 0 bridgehead atoms. The first-order valence-corrected chi connectivity index (χ1v) is 5.90. The highest BCUT2D eigenvalue weighted by atomic mass is 32.1. The van der Waals surface area contributed by atoms with Crippen molar-refractivity contribution in [2.24, 2.45) is 5.73 Å². The Balaban J connectivity index is 2.06. The Bertz CT molecular complexity index is 511. The molecule has 1 heterocycles. The number of aryl methyl sites for hydroxylation is 1. The van der Waals surface area contributed by atoms with Crippen LogP contribution in [0.2, 0.25) is 0 Å². The quantitative estimate of drug-likeness (QED) is 0.862. The first-order valence-electron chi connectivity index (χ1n) is 5.08. The number of hydrogen-bond donors (Lipinski definition) is 2. The van der Waals surface area contributed by atoms with Gasteiger partial charge in [-0.25, -0.2) is 0 Å². The summed E-state index contributed by atoms with van der Waals surface area (Å²) in [7, 11) is 0. The lowest BCUT2D eigenvalue weighted by Crippen LogP contribution is -2.27. The fourth-order valence-corrected chi connectivity index (χ4v) is 1.94. The van der Waals surface area contributed by atoms with Gasteiger partial charge in [-0.05, 0) is 12.5 Å². The molecule has 1 aromatic heterocycles. The maximum Gasteiger partial charge on any atom is 0.247 e. The highest BCUT2D eigenvalue weighted by molar-refractivity contribution is 7.15. The van der Waals surface area contributed by atoms with E-state index in [4.69, 9.17) is 5.73 Å². The molecule has 0 saturated carbocycles. The lowest BCUT2D eigenvalue weighted by atomic mass is 10.1. The van der Waals surface area contributed by atoms with Gasteiger partial charge in [-0.1, -0.05) is 41.7 Å². The topological polar surface area (TPSA) is 80.9 Å². The second-order valence-electron chi connectivity index (χ2n) is 3.50. The fourth-order valence-electron chi connectivity index (χ4n) is 1.34. The Morgan fingerprint density at radius 2 is 2.06 bits per heavy atom. The van der Waals surface area contributed by atoms with Gasteiger partial charge in [0.2, 0.25) is 11.0 Å². The molecule has 1 aromatic carbocycles. The van der Waals surface area contributed by atoms with Crippen LogP contribution in [0.3, 0.4) is 0 Å². The highest BCUT2D eigenvalue weighted by Gasteiger charge is 2.16. The molecule has 88 valence electrons. The van der Waals surface area contributed by atoms with Gasteiger partial charge in [0.25, 0.3) is 0 Å². The summed E-state index contributed by atoms with van der Waals surface area (Å²) in [5.41, 5.74) is 6.61. The van der Waals surface area contributed by atoms with Crippen molar-refractivity contribution in [2.75, 3.05) is 5.32 Å². The SMILES string of the molecule is Cc1nnc(NC(=O)[C@@H](N)c2ccccc2)s1. The van der Waals surface area contributed by atoms with Crippen molar-refractivity contribution in [1.82, 2.24) is 10.2 Å². The Labute approximate surface area is 103 Å². The van der Waals surface area contributed by atoms with Crippen LogP contribution in [0.15, 0.2) is 30.3 Å². The second kappa shape index (κ2) is 5.03. The van der Waals surface area contributed by atoms with E-state index in [0.717, 1.165) is 10.6 Å². The zero-order chi connectivity index (χ0) is 12.3. The number of anilines is 1. The zero-order valence-corrected chi connectivity index (χ0v) is 10.1. The van der Waals surface area contributed by atoms with Gasteiger partial charge in [0.15, 0.2) is 0 Å². The predicted octanol–water partition coefficient (Wildman–Crippen LogP) is 1.49. The van der Waals surface area contributed by atoms with E-state index >= 15 is 0 Å². The maximum absolute atomic E-state index is 11.8. The Morgan fingerprint density at radius 1 is 1.35 bits per heavy atom. The van der Waals surface area contributed by atoms with Crippen LogP contribution in [0, 0.1) is 6.92 Å². The van der Waals surface area contributed by atoms with Gasteiger partial charge in [0, 0.05) is 0 Å². The number of nitrogens with two attached hydrogens (primary N) is 1. The lowest BCUT2D eigenvalue weighted by Gasteiger charge is -2.10. The van der Waals surface area contributed by atoms with E-state index in [0.29, 0.717) is 5.13 Å². The normalized spacial score (nSPS) is 12.1. The summed E-state index contributed by atoms with van der Waals surface area (Å²) < 4.78 is 0. The Morgan fingerprint density at radius 3 is 2.65 bits per heavy atom. The minimum Gasteiger partial charge on any atom is -0.316 e. The van der Waals surface area contributed by atoms with Crippen LogP contribution in [0.5, 0.6) is 0 Å². The first kappa shape index (κ1) is 11.7. The summed E-state index contributed by atoms with van der Waals surface area (Å²) in [6, 6.07) is 8.50. The minimum atomic E-state index is -0.694. The highest BCUT2D eigenvalue weighted by Crippen LogP contribution is 2.16. The van der Waals surface area contributed by atoms with Crippen molar-refractivity contribution < 1.29 is 4.79 Å². The van der Waals surface area contributed by atoms with E-state index < -0.39 is 6.04 Å². The Hall–Kier alpha value is -1.79. The van der Waals surface area contributed by atoms with Crippen LogP contribution in [-0.4, -0.2) is 16.1 Å². The number of carbonyl (C=O) groups is 1. The summed E-state index contributed by atoms with van der Waals surface area (Å²) in [5.74, 6) is -0.285. The average Bonchev–Trinajstić information content (AvgIpc) is 2.75. The van der Waals surface area contributed by atoms with Crippen molar-refractivity contribution in [3.05, 3.63) is 40.9 Å². The van der Waals surface area contributed by atoms with E-state index in [2.05, 4.69) is 15.5 Å². The molecule has 5 nitrogen and oxygen atoms in total. The number of aromatic nitrogens is 2. The molecule has 17 heavy (non-hydrogen) atoms. The van der Waals surface area contributed by atoms with Crippen LogP contribution in [0.4, 0.5) is 5.13 Å². The zero-order valence-electron chi connectivity index (χ0n) is 9.25. The molecule has 0 unspecified atom stereocenters. The van der Waals surface area contributed by atoms with Crippen LogP contribution in [0.1, 0.15) is 16.6 Å². The van der Waals surface area contributed by atoms with Gasteiger partial charge in [0.1, 0.15) is 11.0 Å². The predicted molar refractivity (Wildman–Crippen MR) is 66.6 cm³/mol. The van der Waals surface area contributed by atoms with Crippen molar-refractivity contribution in [2.45, 2.75) is 13.0 Å². The standard InChI is InChI=1S/C11H12N4OS/c1-7-14-15-11(17-7)13-10(16)9(12)8-5-3-2-4-6-8/h2-6,9H,12H2,1H3,(H,13,15,16)/t9-/m0/s1. The van der Waals surface area contributed by atoms with E-state index in [1.807, 2.05) is 37.3 Å². The Kier molecular flexibility index (Phi) is 3.46. The van der Waals surface area contributed by atoms with Crippen LogP contribution in [0.25, 0.3) is 0 Å². The molecule has 0 saturated heterocycles. The van der Waals surface area contributed by atoms with Gasteiger partial charge in [0.05, 0.1) is 0 Å². The van der Waals surface area contributed by atoms with Crippen molar-refractivity contribution in [3.63, 3.8) is 0 Å². The summed E-state index contributed by atoms with van der Waals surface area (Å²) in [6.45, 7) is 1.82. The third-order valence-electron chi connectivity index (χ3n) is 2.20. The number of nitrogens with zero attached hydrogens (tertiary/aromatic N) is 2. The van der Waals surface area contributed by atoms with E-state index in [-0.39, 0.29) is 5.91 Å². The van der Waals surface area contributed by atoms with Crippen LogP contribution in [-0.2, 0) is 4.79 Å². The smallest absolute Gasteiger partial charge is 0.247 e. The largest absolute Gasteiger partial charge is 0.316 e. The maximum atomic E-state index is 11.8. The monoisotopic (exact) mass is 248 g/mol. The third kappa shape index (κ3) is 2.86. The van der Waals surface area contributed by atoms with Crippen molar-refractivity contribution >= 4 is 22.4 Å². The van der Waals surface area contributed by atoms with Gasteiger partial charge < -0.3 is 5.73 Å². The molecule has 0 radical (unpaired) electrons. The molecule has 2 aromatic rings. The lowest BCUT2D eigenvalue weighted by molar-refractivity contribution is -0.117. The average molecular weight is 248 g/mol. The molecule has 0 fully saturated rings. The molecule has 0 aliphatic carbocycles. The molecule has 2 rings (SSSR count). The molecule has 0 spiro atoms.